The summed E-state index contributed by atoms with van der Waals surface area (Å²) in [6.07, 6.45) is 1.62. The SMILES string of the molecule is NCC(=O)O.O=C(O)[C@@H]1CCCN1.O=C(O)[C@H]1NCCC1O. The van der Waals surface area contributed by atoms with Crippen LogP contribution in [0.15, 0.2) is 0 Å². The zero-order valence-corrected chi connectivity index (χ0v) is 12.1. The molecule has 1 unspecified atom stereocenters. The van der Waals surface area contributed by atoms with Crippen LogP contribution in [0.1, 0.15) is 19.3 Å². The lowest BCUT2D eigenvalue weighted by Gasteiger charge is -2.06. The van der Waals surface area contributed by atoms with Crippen molar-refractivity contribution in [2.75, 3.05) is 19.6 Å². The third-order valence-corrected chi connectivity index (χ3v) is 2.99. The number of rotatable bonds is 3. The first-order chi connectivity index (χ1) is 10.3. The number of nitrogens with two attached hydrogens (primary N) is 1. The normalized spacial score (nSPS) is 26.2. The van der Waals surface area contributed by atoms with E-state index in [9.17, 15) is 14.4 Å². The van der Waals surface area contributed by atoms with E-state index in [-0.39, 0.29) is 12.6 Å². The van der Waals surface area contributed by atoms with Crippen LogP contribution in [0.2, 0.25) is 0 Å². The van der Waals surface area contributed by atoms with Crippen molar-refractivity contribution < 1.29 is 34.8 Å². The Morgan fingerprint density at radius 3 is 1.77 bits per heavy atom. The minimum absolute atomic E-state index is 0.269. The number of hydrogen-bond donors (Lipinski definition) is 7. The van der Waals surface area contributed by atoms with Crippen LogP contribution >= 0.6 is 0 Å². The molecule has 2 heterocycles. The summed E-state index contributed by atoms with van der Waals surface area (Å²) in [6.45, 7) is 1.18. The van der Waals surface area contributed by atoms with Gasteiger partial charge in [0.1, 0.15) is 12.1 Å². The Labute approximate surface area is 127 Å². The molecule has 22 heavy (non-hydrogen) atoms. The Kier molecular flexibility index (Phi) is 10.0. The second kappa shape index (κ2) is 10.9. The molecule has 2 rings (SSSR count). The zero-order valence-electron chi connectivity index (χ0n) is 12.1. The standard InChI is InChI=1S/C5H9NO3.C5H9NO2.C2H5NO2/c7-3-1-2-6-4(3)5(8)9;7-5(8)4-2-1-3-6-4;3-1-2(4)5/h3-4,6-7H,1-2H2,(H,8,9);4,6H,1-3H2,(H,7,8);1,3H2,(H,4,5)/t3?,4-;4-;/m00./s1. The van der Waals surface area contributed by atoms with Crippen LogP contribution < -0.4 is 16.4 Å². The van der Waals surface area contributed by atoms with E-state index >= 15 is 0 Å². The first-order valence-corrected chi connectivity index (χ1v) is 6.81. The van der Waals surface area contributed by atoms with Crippen LogP contribution in [0, 0.1) is 0 Å². The highest BCUT2D eigenvalue weighted by atomic mass is 16.4. The van der Waals surface area contributed by atoms with Crippen molar-refractivity contribution in [3.8, 4) is 0 Å². The van der Waals surface area contributed by atoms with Gasteiger partial charge in [-0.15, -0.1) is 0 Å². The van der Waals surface area contributed by atoms with Crippen LogP contribution in [0.25, 0.3) is 0 Å². The Hall–Kier alpha value is -1.75. The minimum Gasteiger partial charge on any atom is -0.480 e. The molecule has 0 amide bonds. The molecule has 0 saturated carbocycles. The summed E-state index contributed by atoms with van der Waals surface area (Å²) in [4.78, 5) is 29.6. The van der Waals surface area contributed by atoms with Crippen molar-refractivity contribution in [3.63, 3.8) is 0 Å². The molecule has 2 saturated heterocycles. The van der Waals surface area contributed by atoms with Crippen LogP contribution in [-0.4, -0.2) is 76.2 Å². The van der Waals surface area contributed by atoms with Crippen molar-refractivity contribution in [2.24, 2.45) is 5.73 Å². The summed E-state index contributed by atoms with van der Waals surface area (Å²) in [7, 11) is 0. The molecule has 2 aliphatic heterocycles. The van der Waals surface area contributed by atoms with E-state index in [4.69, 9.17) is 20.4 Å². The number of aliphatic hydroxyl groups is 1. The molecule has 0 radical (unpaired) electrons. The monoisotopic (exact) mass is 321 g/mol. The topological polar surface area (TPSA) is 182 Å². The molecular weight excluding hydrogens is 298 g/mol. The fourth-order valence-electron chi connectivity index (χ4n) is 1.84. The van der Waals surface area contributed by atoms with Gasteiger partial charge >= 0.3 is 17.9 Å². The zero-order chi connectivity index (χ0) is 17.1. The summed E-state index contributed by atoms with van der Waals surface area (Å²) in [6, 6.07) is -1.01. The van der Waals surface area contributed by atoms with E-state index < -0.39 is 30.1 Å². The highest BCUT2D eigenvalue weighted by Gasteiger charge is 2.30. The van der Waals surface area contributed by atoms with Gasteiger partial charge in [-0.1, -0.05) is 0 Å². The highest BCUT2D eigenvalue weighted by molar-refractivity contribution is 5.74. The van der Waals surface area contributed by atoms with E-state index in [0.717, 1.165) is 19.4 Å². The van der Waals surface area contributed by atoms with Crippen LogP contribution in [0.5, 0.6) is 0 Å². The molecule has 0 aromatic carbocycles. The Bertz CT molecular complexity index is 372. The average molecular weight is 321 g/mol. The first-order valence-electron chi connectivity index (χ1n) is 6.81. The Balaban J connectivity index is 0.000000315. The molecule has 0 aromatic rings. The number of aliphatic carboxylic acids is 3. The molecule has 10 heteroatoms. The fourth-order valence-corrected chi connectivity index (χ4v) is 1.84. The third kappa shape index (κ3) is 8.52. The molecule has 0 bridgehead atoms. The quantitative estimate of drug-likeness (QED) is 0.297. The van der Waals surface area contributed by atoms with Crippen LogP contribution in [0.3, 0.4) is 0 Å². The van der Waals surface area contributed by atoms with Crippen molar-refractivity contribution in [1.82, 2.24) is 10.6 Å². The molecule has 3 atom stereocenters. The van der Waals surface area contributed by atoms with Gasteiger partial charge in [0.25, 0.3) is 0 Å². The van der Waals surface area contributed by atoms with Gasteiger partial charge < -0.3 is 36.8 Å². The molecule has 2 aliphatic rings. The smallest absolute Gasteiger partial charge is 0.323 e. The van der Waals surface area contributed by atoms with Gasteiger partial charge in [0.05, 0.1) is 12.6 Å². The van der Waals surface area contributed by atoms with Gasteiger partial charge in [-0.25, -0.2) is 0 Å². The number of carboxylic acid groups (broad SMARTS) is 3. The largest absolute Gasteiger partial charge is 0.480 e. The molecule has 8 N–H and O–H groups in total. The molecule has 0 spiro atoms. The number of carboxylic acids is 3. The van der Waals surface area contributed by atoms with Crippen LogP contribution in [-0.2, 0) is 14.4 Å². The number of aliphatic hydroxyl groups excluding tert-OH is 1. The van der Waals surface area contributed by atoms with Gasteiger partial charge in [0, 0.05) is 0 Å². The van der Waals surface area contributed by atoms with E-state index in [1.54, 1.807) is 0 Å². The predicted molar refractivity (Wildman–Crippen MR) is 75.4 cm³/mol. The maximum atomic E-state index is 10.2. The van der Waals surface area contributed by atoms with Gasteiger partial charge in [0.2, 0.25) is 0 Å². The summed E-state index contributed by atoms with van der Waals surface area (Å²) in [5.74, 6) is -2.66. The lowest BCUT2D eigenvalue weighted by molar-refractivity contribution is -0.141. The van der Waals surface area contributed by atoms with Crippen molar-refractivity contribution in [3.05, 3.63) is 0 Å². The summed E-state index contributed by atoms with van der Waals surface area (Å²) >= 11 is 0. The maximum absolute atomic E-state index is 10.2. The highest BCUT2D eigenvalue weighted by Crippen LogP contribution is 2.05. The second-order valence-electron chi connectivity index (χ2n) is 4.71. The third-order valence-electron chi connectivity index (χ3n) is 2.99. The summed E-state index contributed by atoms with van der Waals surface area (Å²) < 4.78 is 0. The maximum Gasteiger partial charge on any atom is 0.323 e. The summed E-state index contributed by atoms with van der Waals surface area (Å²) in [5.41, 5.74) is 4.57. The van der Waals surface area contributed by atoms with Crippen LogP contribution in [0.4, 0.5) is 0 Å². The number of hydrogen-bond acceptors (Lipinski definition) is 7. The molecule has 128 valence electrons. The Morgan fingerprint density at radius 2 is 1.59 bits per heavy atom. The minimum atomic E-state index is -0.972. The fraction of sp³-hybridized carbons (Fsp3) is 0.750. The Morgan fingerprint density at radius 1 is 1.00 bits per heavy atom. The number of carbonyl (C=O) groups is 3. The van der Waals surface area contributed by atoms with E-state index in [2.05, 4.69) is 16.4 Å². The van der Waals surface area contributed by atoms with Crippen molar-refractivity contribution in [1.29, 1.82) is 0 Å². The van der Waals surface area contributed by atoms with Gasteiger partial charge in [-0.2, -0.15) is 0 Å². The lowest BCUT2D eigenvalue weighted by Crippen LogP contribution is -2.38. The molecular formula is C12H23N3O7. The van der Waals surface area contributed by atoms with Crippen molar-refractivity contribution in [2.45, 2.75) is 37.5 Å². The first kappa shape index (κ1) is 20.2. The predicted octanol–water partition coefficient (Wildman–Crippen LogP) is -2.35. The second-order valence-corrected chi connectivity index (χ2v) is 4.71. The van der Waals surface area contributed by atoms with Gasteiger partial charge in [0.15, 0.2) is 0 Å². The molecule has 0 aromatic heterocycles. The lowest BCUT2D eigenvalue weighted by atomic mass is 10.2. The molecule has 2 fully saturated rings. The molecule has 0 aliphatic carbocycles. The number of nitrogens with one attached hydrogen (secondary N) is 2. The van der Waals surface area contributed by atoms with Gasteiger partial charge in [-0.3, -0.25) is 14.4 Å². The van der Waals surface area contributed by atoms with E-state index in [0.29, 0.717) is 13.0 Å². The summed E-state index contributed by atoms with van der Waals surface area (Å²) in [5, 5.41) is 38.7. The molecule has 10 nitrogen and oxygen atoms in total. The van der Waals surface area contributed by atoms with Gasteiger partial charge in [-0.05, 0) is 32.4 Å². The van der Waals surface area contributed by atoms with Crippen molar-refractivity contribution >= 4 is 17.9 Å². The van der Waals surface area contributed by atoms with E-state index in [1.165, 1.54) is 0 Å². The van der Waals surface area contributed by atoms with E-state index in [1.807, 2.05) is 0 Å². The average Bonchev–Trinajstić information content (AvgIpc) is 3.10.